The highest BCUT2D eigenvalue weighted by molar-refractivity contribution is 7.98. The molecule has 1 aromatic heterocycles. The van der Waals surface area contributed by atoms with Crippen LogP contribution in [0.5, 0.6) is 5.75 Å². The van der Waals surface area contributed by atoms with Crippen molar-refractivity contribution in [3.63, 3.8) is 0 Å². The zero-order valence-corrected chi connectivity index (χ0v) is 21.0. The summed E-state index contributed by atoms with van der Waals surface area (Å²) in [5.74, 6) is 1.31. The molecule has 3 aromatic carbocycles. The van der Waals surface area contributed by atoms with E-state index >= 15 is 0 Å². The zero-order valence-electron chi connectivity index (χ0n) is 18.7. The molecule has 0 radical (unpaired) electrons. The van der Waals surface area contributed by atoms with Crippen LogP contribution < -0.4 is 10.1 Å². The molecule has 4 rings (SSSR count). The number of nitrogens with one attached hydrogen (secondary N) is 1. The third kappa shape index (κ3) is 6.54. The first-order valence-corrected chi connectivity index (χ1v) is 12.3. The summed E-state index contributed by atoms with van der Waals surface area (Å²) in [6.07, 6.45) is 0.211. The van der Waals surface area contributed by atoms with Crippen LogP contribution in [-0.2, 0) is 23.5 Å². The van der Waals surface area contributed by atoms with Gasteiger partial charge >= 0.3 is 0 Å². The van der Waals surface area contributed by atoms with Crippen molar-refractivity contribution in [2.24, 2.45) is 0 Å². The number of benzene rings is 3. The summed E-state index contributed by atoms with van der Waals surface area (Å²) in [5.41, 5.74) is 2.39. The number of carbonyl (C=O) groups is 1. The SMILES string of the molecule is COc1ccc(CC(=O)NCc2nnc(SCc3ccc(F)cc3)n2-c2cc(Cl)ccc2Cl)cc1. The van der Waals surface area contributed by atoms with Gasteiger partial charge < -0.3 is 10.1 Å². The van der Waals surface area contributed by atoms with E-state index in [2.05, 4.69) is 15.5 Å². The molecule has 0 aliphatic rings. The fraction of sp³-hybridized carbons (Fsp3) is 0.160. The first-order valence-electron chi connectivity index (χ1n) is 10.6. The van der Waals surface area contributed by atoms with Crippen LogP contribution in [-0.4, -0.2) is 27.8 Å². The van der Waals surface area contributed by atoms with Crippen molar-refractivity contribution in [3.8, 4) is 11.4 Å². The van der Waals surface area contributed by atoms with Crippen LogP contribution in [0.2, 0.25) is 10.0 Å². The number of amides is 1. The van der Waals surface area contributed by atoms with Crippen molar-refractivity contribution in [1.82, 2.24) is 20.1 Å². The Bertz CT molecular complexity index is 1310. The first-order chi connectivity index (χ1) is 16.9. The lowest BCUT2D eigenvalue weighted by Crippen LogP contribution is -2.26. The number of aromatic nitrogens is 3. The Balaban J connectivity index is 1.53. The normalized spacial score (nSPS) is 10.9. The summed E-state index contributed by atoms with van der Waals surface area (Å²) < 4.78 is 20.2. The summed E-state index contributed by atoms with van der Waals surface area (Å²) >= 11 is 14.1. The van der Waals surface area contributed by atoms with Gasteiger partial charge in [0, 0.05) is 10.8 Å². The first kappa shape index (κ1) is 25.0. The predicted molar refractivity (Wildman–Crippen MR) is 136 cm³/mol. The molecular weight excluding hydrogens is 510 g/mol. The maximum Gasteiger partial charge on any atom is 0.224 e. The summed E-state index contributed by atoms with van der Waals surface area (Å²) in [4.78, 5) is 12.6. The Hall–Kier alpha value is -3.07. The molecule has 10 heteroatoms. The van der Waals surface area contributed by atoms with Crippen LogP contribution in [0.4, 0.5) is 4.39 Å². The molecule has 1 heterocycles. The van der Waals surface area contributed by atoms with E-state index in [1.165, 1.54) is 23.9 Å². The molecule has 1 amide bonds. The molecule has 0 aliphatic carbocycles. The van der Waals surface area contributed by atoms with Crippen molar-refractivity contribution < 1.29 is 13.9 Å². The average molecular weight is 531 g/mol. The number of methoxy groups -OCH3 is 1. The third-order valence-corrected chi connectivity index (χ3v) is 6.65. The quantitative estimate of drug-likeness (QED) is 0.274. The van der Waals surface area contributed by atoms with Gasteiger partial charge in [0.05, 0.1) is 30.8 Å². The Labute approximate surface area is 216 Å². The van der Waals surface area contributed by atoms with Gasteiger partial charge in [0.25, 0.3) is 0 Å². The fourth-order valence-corrected chi connectivity index (χ4v) is 4.59. The lowest BCUT2D eigenvalue weighted by Gasteiger charge is -2.13. The molecule has 0 saturated heterocycles. The van der Waals surface area contributed by atoms with Gasteiger partial charge in [0.1, 0.15) is 11.6 Å². The van der Waals surface area contributed by atoms with E-state index in [1.807, 2.05) is 24.3 Å². The van der Waals surface area contributed by atoms with Gasteiger partial charge in [-0.25, -0.2) is 4.39 Å². The van der Waals surface area contributed by atoms with Crippen LogP contribution in [0.3, 0.4) is 0 Å². The molecule has 0 atom stereocenters. The number of halogens is 3. The molecule has 0 fully saturated rings. The maximum absolute atomic E-state index is 13.2. The van der Waals surface area contributed by atoms with Crippen LogP contribution in [0.15, 0.2) is 71.9 Å². The van der Waals surface area contributed by atoms with Crippen LogP contribution >= 0.6 is 35.0 Å². The van der Waals surface area contributed by atoms with E-state index in [0.717, 1.165) is 16.9 Å². The van der Waals surface area contributed by atoms with E-state index in [0.29, 0.717) is 32.5 Å². The highest BCUT2D eigenvalue weighted by Gasteiger charge is 2.18. The van der Waals surface area contributed by atoms with E-state index in [-0.39, 0.29) is 24.7 Å². The molecular formula is C25H21Cl2FN4O2S. The number of thioether (sulfide) groups is 1. The second-order valence-corrected chi connectivity index (χ2v) is 9.33. The molecule has 1 N–H and O–H groups in total. The van der Waals surface area contributed by atoms with Gasteiger partial charge in [0.2, 0.25) is 5.91 Å². The summed E-state index contributed by atoms with van der Waals surface area (Å²) in [7, 11) is 1.59. The molecule has 180 valence electrons. The monoisotopic (exact) mass is 530 g/mol. The molecule has 0 spiro atoms. The predicted octanol–water partition coefficient (Wildman–Crippen LogP) is 5.87. The molecule has 4 aromatic rings. The summed E-state index contributed by atoms with van der Waals surface area (Å²) in [6, 6.07) is 18.7. The number of hydrogen-bond donors (Lipinski definition) is 1. The minimum atomic E-state index is -0.291. The third-order valence-electron chi connectivity index (χ3n) is 5.10. The van der Waals surface area contributed by atoms with Crippen molar-refractivity contribution in [2.75, 3.05) is 7.11 Å². The van der Waals surface area contributed by atoms with Crippen molar-refractivity contribution in [1.29, 1.82) is 0 Å². The number of rotatable bonds is 9. The smallest absolute Gasteiger partial charge is 0.224 e. The largest absolute Gasteiger partial charge is 0.497 e. The van der Waals surface area contributed by atoms with E-state index < -0.39 is 0 Å². The second kappa shape index (κ2) is 11.6. The highest BCUT2D eigenvalue weighted by Crippen LogP contribution is 2.31. The standard InChI is InChI=1S/C25H21Cl2FN4O2S/c1-34-20-9-4-16(5-10-20)12-24(33)29-14-23-30-31-25(35-15-17-2-7-19(28)8-3-17)32(23)22-13-18(26)6-11-21(22)27/h2-11,13H,12,14-15H2,1H3,(H,29,33). The average Bonchev–Trinajstić information content (AvgIpc) is 3.27. The number of ether oxygens (including phenoxy) is 1. The van der Waals surface area contributed by atoms with Crippen LogP contribution in [0.1, 0.15) is 17.0 Å². The topological polar surface area (TPSA) is 69.0 Å². The molecule has 6 nitrogen and oxygen atoms in total. The summed E-state index contributed by atoms with van der Waals surface area (Å²) in [6.45, 7) is 0.141. The zero-order chi connectivity index (χ0) is 24.8. The van der Waals surface area contributed by atoms with E-state index in [9.17, 15) is 9.18 Å². The maximum atomic E-state index is 13.2. The van der Waals surface area contributed by atoms with Crippen molar-refractivity contribution >= 4 is 40.9 Å². The van der Waals surface area contributed by atoms with Gasteiger partial charge in [-0.15, -0.1) is 10.2 Å². The number of carbonyl (C=O) groups excluding carboxylic acids is 1. The summed E-state index contributed by atoms with van der Waals surface area (Å²) in [5, 5.41) is 13.0. The van der Waals surface area contributed by atoms with Gasteiger partial charge in [-0.1, -0.05) is 59.2 Å². The van der Waals surface area contributed by atoms with Gasteiger partial charge in [-0.2, -0.15) is 0 Å². The minimum Gasteiger partial charge on any atom is -0.497 e. The molecule has 0 unspecified atom stereocenters. The Morgan fingerprint density at radius 1 is 1.03 bits per heavy atom. The van der Waals surface area contributed by atoms with E-state index in [1.54, 1.807) is 42.0 Å². The number of nitrogens with zero attached hydrogens (tertiary/aromatic N) is 3. The van der Waals surface area contributed by atoms with Crippen molar-refractivity contribution in [3.05, 3.63) is 99.5 Å². The Kier molecular flexibility index (Phi) is 8.28. The fourth-order valence-electron chi connectivity index (χ4n) is 3.30. The highest BCUT2D eigenvalue weighted by atomic mass is 35.5. The number of hydrogen-bond acceptors (Lipinski definition) is 5. The van der Waals surface area contributed by atoms with Crippen molar-refractivity contribution in [2.45, 2.75) is 23.9 Å². The Morgan fingerprint density at radius 2 is 1.74 bits per heavy atom. The van der Waals surface area contributed by atoms with Crippen LogP contribution in [0.25, 0.3) is 5.69 Å². The minimum absolute atomic E-state index is 0.141. The van der Waals surface area contributed by atoms with Crippen LogP contribution in [0, 0.1) is 5.82 Å². The van der Waals surface area contributed by atoms with Gasteiger partial charge in [0.15, 0.2) is 11.0 Å². The van der Waals surface area contributed by atoms with Gasteiger partial charge in [-0.05, 0) is 53.6 Å². The molecule has 35 heavy (non-hydrogen) atoms. The lowest BCUT2D eigenvalue weighted by molar-refractivity contribution is -0.120. The molecule has 0 saturated carbocycles. The Morgan fingerprint density at radius 3 is 2.46 bits per heavy atom. The van der Waals surface area contributed by atoms with Gasteiger partial charge in [-0.3, -0.25) is 9.36 Å². The molecule has 0 aliphatic heterocycles. The molecule has 0 bridgehead atoms. The van der Waals surface area contributed by atoms with E-state index in [4.69, 9.17) is 27.9 Å². The lowest BCUT2D eigenvalue weighted by atomic mass is 10.1. The second-order valence-electron chi connectivity index (χ2n) is 7.55.